The molecule has 0 saturated carbocycles. The van der Waals surface area contributed by atoms with Crippen molar-refractivity contribution in [1.82, 2.24) is 4.98 Å². The average Bonchev–Trinajstić information content (AvgIpc) is 2.29. The number of pyridine rings is 1. The van der Waals surface area contributed by atoms with E-state index in [9.17, 15) is 0 Å². The number of hydrogen-bond donors (Lipinski definition) is 0. The average molecular weight is 183 g/mol. The largest absolute Gasteiger partial charge is 0.236 e. The third-order valence-electron chi connectivity index (χ3n) is 1.67. The minimum Gasteiger partial charge on any atom is -0.236 e. The number of rotatable bonds is 2. The summed E-state index contributed by atoms with van der Waals surface area (Å²) < 4.78 is 0. The van der Waals surface area contributed by atoms with Crippen molar-refractivity contribution in [3.05, 3.63) is 54.7 Å². The van der Waals surface area contributed by atoms with Gasteiger partial charge in [-0.3, -0.25) is 0 Å². The predicted molar refractivity (Wildman–Crippen MR) is 54.9 cm³/mol. The zero-order valence-corrected chi connectivity index (χ0v) is 7.54. The quantitative estimate of drug-likeness (QED) is 0.656. The first-order chi connectivity index (χ1) is 6.95. The molecule has 0 N–H and O–H groups in total. The molecule has 3 nitrogen and oxygen atoms in total. The Labute approximate surface area is 82.2 Å². The molecule has 0 radical (unpaired) electrons. The topological polar surface area (TPSA) is 37.6 Å². The molecule has 1 aromatic heterocycles. The minimum atomic E-state index is 0.622. The van der Waals surface area contributed by atoms with E-state index in [1.807, 2.05) is 48.5 Å². The van der Waals surface area contributed by atoms with Gasteiger partial charge in [0, 0.05) is 6.20 Å². The second-order valence-electron chi connectivity index (χ2n) is 2.72. The Bertz CT molecular complexity index is 368. The molecule has 0 amide bonds. The van der Waals surface area contributed by atoms with Crippen molar-refractivity contribution in [2.75, 3.05) is 0 Å². The molecule has 2 aromatic rings. The normalized spacial score (nSPS) is 10.6. The number of azo groups is 1. The summed E-state index contributed by atoms with van der Waals surface area (Å²) in [7, 11) is 0. The molecular formula is C11H9N3. The fourth-order valence-electron chi connectivity index (χ4n) is 1.02. The Hall–Kier alpha value is -2.03. The molecular weight excluding hydrogens is 174 g/mol. The van der Waals surface area contributed by atoms with E-state index in [4.69, 9.17) is 0 Å². The summed E-state index contributed by atoms with van der Waals surface area (Å²) in [6, 6.07) is 15.1. The highest BCUT2D eigenvalue weighted by atomic mass is 15.1. The molecule has 1 aromatic carbocycles. The molecule has 68 valence electrons. The van der Waals surface area contributed by atoms with Gasteiger partial charge >= 0.3 is 0 Å². The first-order valence-corrected chi connectivity index (χ1v) is 4.33. The Morgan fingerprint density at radius 3 is 2.29 bits per heavy atom. The third kappa shape index (κ3) is 2.23. The van der Waals surface area contributed by atoms with Crippen LogP contribution in [0.3, 0.4) is 0 Å². The van der Waals surface area contributed by atoms with Crippen LogP contribution in [0, 0.1) is 0 Å². The maximum absolute atomic E-state index is 4.04. The van der Waals surface area contributed by atoms with Crippen LogP contribution in [0.15, 0.2) is 65.0 Å². The van der Waals surface area contributed by atoms with Gasteiger partial charge in [-0.1, -0.05) is 24.3 Å². The maximum atomic E-state index is 4.04. The lowest BCUT2D eigenvalue weighted by Gasteiger charge is -1.90. The predicted octanol–water partition coefficient (Wildman–Crippen LogP) is 3.50. The monoisotopic (exact) mass is 183 g/mol. The summed E-state index contributed by atoms with van der Waals surface area (Å²) in [5.41, 5.74) is 0.832. The van der Waals surface area contributed by atoms with Gasteiger partial charge in [0.05, 0.1) is 5.69 Å². The summed E-state index contributed by atoms with van der Waals surface area (Å²) in [5, 5.41) is 8.03. The second-order valence-corrected chi connectivity index (χ2v) is 2.72. The van der Waals surface area contributed by atoms with E-state index < -0.39 is 0 Å². The van der Waals surface area contributed by atoms with Crippen molar-refractivity contribution in [1.29, 1.82) is 0 Å². The number of hydrogen-bond acceptors (Lipinski definition) is 3. The highest BCUT2D eigenvalue weighted by Crippen LogP contribution is 2.14. The van der Waals surface area contributed by atoms with E-state index in [-0.39, 0.29) is 0 Å². The number of nitrogens with zero attached hydrogens (tertiary/aromatic N) is 3. The maximum Gasteiger partial charge on any atom is 0.174 e. The van der Waals surface area contributed by atoms with Gasteiger partial charge in [0.25, 0.3) is 0 Å². The van der Waals surface area contributed by atoms with Crippen LogP contribution in [0.5, 0.6) is 0 Å². The van der Waals surface area contributed by atoms with Crippen LogP contribution in [0.2, 0.25) is 0 Å². The van der Waals surface area contributed by atoms with Crippen LogP contribution in [0.4, 0.5) is 11.5 Å². The Morgan fingerprint density at radius 1 is 0.786 bits per heavy atom. The van der Waals surface area contributed by atoms with Gasteiger partial charge in [0.2, 0.25) is 0 Å². The van der Waals surface area contributed by atoms with Gasteiger partial charge in [-0.25, -0.2) is 4.98 Å². The first kappa shape index (κ1) is 8.56. The number of benzene rings is 1. The molecule has 0 atom stereocenters. The van der Waals surface area contributed by atoms with E-state index in [0.29, 0.717) is 5.82 Å². The fraction of sp³-hybridized carbons (Fsp3) is 0. The van der Waals surface area contributed by atoms with E-state index in [1.54, 1.807) is 6.20 Å². The highest BCUT2D eigenvalue weighted by molar-refractivity contribution is 5.36. The molecule has 3 heteroatoms. The highest BCUT2D eigenvalue weighted by Gasteiger charge is 1.87. The summed E-state index contributed by atoms with van der Waals surface area (Å²) >= 11 is 0. The van der Waals surface area contributed by atoms with Crippen molar-refractivity contribution in [2.24, 2.45) is 10.2 Å². The van der Waals surface area contributed by atoms with E-state index in [1.165, 1.54) is 0 Å². The molecule has 0 spiro atoms. The summed E-state index contributed by atoms with van der Waals surface area (Å²) in [6.45, 7) is 0. The summed E-state index contributed by atoms with van der Waals surface area (Å²) in [5.74, 6) is 0.622. The van der Waals surface area contributed by atoms with E-state index in [0.717, 1.165) is 5.69 Å². The van der Waals surface area contributed by atoms with Crippen molar-refractivity contribution in [3.8, 4) is 0 Å². The Kier molecular flexibility index (Phi) is 2.62. The third-order valence-corrected chi connectivity index (χ3v) is 1.67. The molecule has 0 unspecified atom stereocenters. The van der Waals surface area contributed by atoms with Crippen LogP contribution in [-0.4, -0.2) is 4.98 Å². The summed E-state index contributed by atoms with van der Waals surface area (Å²) in [6.07, 6.45) is 1.69. The zero-order valence-electron chi connectivity index (χ0n) is 7.54. The van der Waals surface area contributed by atoms with Crippen molar-refractivity contribution in [2.45, 2.75) is 0 Å². The molecule has 2 rings (SSSR count). The molecule has 14 heavy (non-hydrogen) atoms. The fourth-order valence-corrected chi connectivity index (χ4v) is 1.02. The zero-order chi connectivity index (χ0) is 9.64. The van der Waals surface area contributed by atoms with Crippen molar-refractivity contribution < 1.29 is 0 Å². The van der Waals surface area contributed by atoms with Crippen LogP contribution in [0.25, 0.3) is 0 Å². The second kappa shape index (κ2) is 4.28. The van der Waals surface area contributed by atoms with Crippen molar-refractivity contribution in [3.63, 3.8) is 0 Å². The van der Waals surface area contributed by atoms with Gasteiger partial charge in [-0.15, -0.1) is 10.2 Å². The number of aromatic nitrogens is 1. The summed E-state index contributed by atoms with van der Waals surface area (Å²) in [4.78, 5) is 4.03. The van der Waals surface area contributed by atoms with Crippen LogP contribution < -0.4 is 0 Å². The molecule has 0 fully saturated rings. The van der Waals surface area contributed by atoms with Gasteiger partial charge < -0.3 is 0 Å². The van der Waals surface area contributed by atoms with Gasteiger partial charge in [-0.2, -0.15) is 0 Å². The lowest BCUT2D eigenvalue weighted by atomic mass is 10.3. The lowest BCUT2D eigenvalue weighted by molar-refractivity contribution is 1.15. The molecule has 0 aliphatic carbocycles. The van der Waals surface area contributed by atoms with Gasteiger partial charge in [0.15, 0.2) is 5.82 Å². The van der Waals surface area contributed by atoms with Crippen molar-refractivity contribution >= 4 is 11.5 Å². The van der Waals surface area contributed by atoms with Crippen LogP contribution in [-0.2, 0) is 0 Å². The Balaban J connectivity index is 2.16. The standard InChI is InChI=1S/C11H9N3/c1-2-6-10(7-3-1)13-14-11-8-4-5-9-12-11/h1-9H/b14-13+. The minimum absolute atomic E-state index is 0.622. The molecule has 0 bridgehead atoms. The lowest BCUT2D eigenvalue weighted by Crippen LogP contribution is -1.68. The molecule has 1 heterocycles. The van der Waals surface area contributed by atoms with Crippen LogP contribution >= 0.6 is 0 Å². The SMILES string of the molecule is c1ccc(/N=N/c2ccccn2)cc1. The molecule has 0 saturated heterocycles. The first-order valence-electron chi connectivity index (χ1n) is 4.33. The van der Waals surface area contributed by atoms with Crippen LogP contribution in [0.1, 0.15) is 0 Å². The molecule has 0 aliphatic rings. The smallest absolute Gasteiger partial charge is 0.174 e. The van der Waals surface area contributed by atoms with E-state index >= 15 is 0 Å². The molecule has 0 aliphatic heterocycles. The van der Waals surface area contributed by atoms with E-state index in [2.05, 4.69) is 15.2 Å². The Morgan fingerprint density at radius 2 is 1.57 bits per heavy atom. The van der Waals surface area contributed by atoms with Gasteiger partial charge in [0.1, 0.15) is 0 Å². The van der Waals surface area contributed by atoms with Gasteiger partial charge in [-0.05, 0) is 24.3 Å².